The van der Waals surface area contributed by atoms with Crippen molar-refractivity contribution >= 4 is 23.3 Å². The van der Waals surface area contributed by atoms with Gasteiger partial charge in [0.1, 0.15) is 5.69 Å². The fourth-order valence-electron chi connectivity index (χ4n) is 2.13. The maximum Gasteiger partial charge on any atom is 0.340 e. The number of methoxy groups -OCH3 is 1. The number of hydrogen-bond donors (Lipinski definition) is 2. The van der Waals surface area contributed by atoms with Crippen LogP contribution in [-0.4, -0.2) is 43.7 Å². The summed E-state index contributed by atoms with van der Waals surface area (Å²) in [5, 5.41) is 5.84. The first-order valence-electron chi connectivity index (χ1n) is 7.92. The number of nitrogens with one attached hydrogen (secondary N) is 2. The molecule has 2 N–H and O–H groups in total. The van der Waals surface area contributed by atoms with Gasteiger partial charge in [0.25, 0.3) is 5.91 Å². The molecular formula is C18H21N3O4. The number of esters is 1. The molecule has 0 bridgehead atoms. The number of carbonyl (C=O) groups is 2. The molecule has 0 radical (unpaired) electrons. The zero-order chi connectivity index (χ0) is 18.1. The predicted octanol–water partition coefficient (Wildman–Crippen LogP) is 2.57. The normalized spacial score (nSPS) is 10.2. The smallest absolute Gasteiger partial charge is 0.340 e. The Balaban J connectivity index is 2.12. The van der Waals surface area contributed by atoms with Crippen molar-refractivity contribution < 1.29 is 19.1 Å². The van der Waals surface area contributed by atoms with Crippen molar-refractivity contribution in [3.8, 4) is 0 Å². The minimum absolute atomic E-state index is 0.237. The van der Waals surface area contributed by atoms with E-state index in [9.17, 15) is 9.59 Å². The van der Waals surface area contributed by atoms with Crippen LogP contribution in [0.5, 0.6) is 0 Å². The van der Waals surface area contributed by atoms with Crippen molar-refractivity contribution in [2.75, 3.05) is 37.5 Å². The molecule has 0 saturated heterocycles. The van der Waals surface area contributed by atoms with Crippen molar-refractivity contribution in [3.05, 3.63) is 53.9 Å². The summed E-state index contributed by atoms with van der Waals surface area (Å²) < 4.78 is 9.98. The Kier molecular flexibility index (Phi) is 6.91. The third-order valence-corrected chi connectivity index (χ3v) is 3.30. The predicted molar refractivity (Wildman–Crippen MR) is 95.0 cm³/mol. The van der Waals surface area contributed by atoms with Gasteiger partial charge in [0.05, 0.1) is 24.5 Å². The molecule has 7 nitrogen and oxygen atoms in total. The number of anilines is 2. The molecule has 1 amide bonds. The lowest BCUT2D eigenvalue weighted by molar-refractivity contribution is 0.0527. The van der Waals surface area contributed by atoms with Gasteiger partial charge in [0.2, 0.25) is 0 Å². The van der Waals surface area contributed by atoms with Gasteiger partial charge >= 0.3 is 5.97 Å². The fourth-order valence-corrected chi connectivity index (χ4v) is 2.13. The van der Waals surface area contributed by atoms with Crippen molar-refractivity contribution in [3.63, 3.8) is 0 Å². The number of carbonyl (C=O) groups excluding carboxylic acids is 2. The molecule has 0 aliphatic rings. The fraction of sp³-hybridized carbons (Fsp3) is 0.278. The number of aromatic nitrogens is 1. The van der Waals surface area contributed by atoms with Crippen LogP contribution >= 0.6 is 0 Å². The highest BCUT2D eigenvalue weighted by Gasteiger charge is 2.15. The first-order valence-corrected chi connectivity index (χ1v) is 7.92. The first-order chi connectivity index (χ1) is 12.2. The summed E-state index contributed by atoms with van der Waals surface area (Å²) in [4.78, 5) is 28.5. The van der Waals surface area contributed by atoms with E-state index in [0.29, 0.717) is 24.4 Å². The lowest BCUT2D eigenvalue weighted by Crippen LogP contribution is -2.17. The zero-order valence-electron chi connectivity index (χ0n) is 14.2. The largest absolute Gasteiger partial charge is 0.462 e. The van der Waals surface area contributed by atoms with E-state index >= 15 is 0 Å². The molecule has 0 aliphatic heterocycles. The molecule has 1 heterocycles. The molecular weight excluding hydrogens is 322 g/mol. The molecule has 0 unspecified atom stereocenters. The van der Waals surface area contributed by atoms with E-state index in [1.807, 2.05) is 0 Å². The van der Waals surface area contributed by atoms with Gasteiger partial charge in [0.15, 0.2) is 0 Å². The van der Waals surface area contributed by atoms with E-state index in [1.165, 1.54) is 0 Å². The number of ether oxygens (including phenoxy) is 2. The Bertz CT molecular complexity index is 734. The average Bonchev–Trinajstić information content (AvgIpc) is 2.63. The Morgan fingerprint density at radius 3 is 2.76 bits per heavy atom. The zero-order valence-corrected chi connectivity index (χ0v) is 14.2. The average molecular weight is 343 g/mol. The Labute approximate surface area is 146 Å². The van der Waals surface area contributed by atoms with E-state index < -0.39 is 11.9 Å². The molecule has 7 heteroatoms. The molecule has 2 rings (SSSR count). The summed E-state index contributed by atoms with van der Waals surface area (Å²) in [7, 11) is 1.62. The van der Waals surface area contributed by atoms with Gasteiger partial charge in [-0.05, 0) is 31.2 Å². The second kappa shape index (κ2) is 9.39. The van der Waals surface area contributed by atoms with E-state index in [-0.39, 0.29) is 12.3 Å². The molecule has 1 aromatic heterocycles. The third kappa shape index (κ3) is 5.29. The minimum Gasteiger partial charge on any atom is -0.462 e. The second-order valence-corrected chi connectivity index (χ2v) is 5.07. The number of hydrogen-bond acceptors (Lipinski definition) is 6. The van der Waals surface area contributed by atoms with Crippen LogP contribution in [0.1, 0.15) is 27.8 Å². The topological polar surface area (TPSA) is 89.5 Å². The summed E-state index contributed by atoms with van der Waals surface area (Å²) in [6.45, 7) is 3.16. The quantitative estimate of drug-likeness (QED) is 0.566. The number of benzene rings is 1. The van der Waals surface area contributed by atoms with Gasteiger partial charge in [-0.3, -0.25) is 9.78 Å². The van der Waals surface area contributed by atoms with Crippen molar-refractivity contribution in [2.45, 2.75) is 6.92 Å². The van der Waals surface area contributed by atoms with Crippen LogP contribution in [0, 0.1) is 0 Å². The highest BCUT2D eigenvalue weighted by atomic mass is 16.5. The van der Waals surface area contributed by atoms with E-state index in [2.05, 4.69) is 15.6 Å². The standard InChI is InChI=1S/C18H21N3O4/c1-3-25-18(23)14-6-4-5-7-15(14)21-17(22)16-12-13(8-9-20-16)19-10-11-24-2/h4-9,12H,3,10-11H2,1-2H3,(H,19,20)(H,21,22). The maximum atomic E-state index is 12.5. The number of amides is 1. The highest BCUT2D eigenvalue weighted by Crippen LogP contribution is 2.18. The molecule has 0 fully saturated rings. The van der Waals surface area contributed by atoms with E-state index in [1.54, 1.807) is 56.6 Å². The SMILES string of the molecule is CCOC(=O)c1ccccc1NC(=O)c1cc(NCCOC)ccn1. The molecule has 2 aromatic rings. The monoisotopic (exact) mass is 343 g/mol. The molecule has 0 aliphatic carbocycles. The Morgan fingerprint density at radius 2 is 2.00 bits per heavy atom. The van der Waals surface area contributed by atoms with Crippen molar-refractivity contribution in [1.29, 1.82) is 0 Å². The lowest BCUT2D eigenvalue weighted by Gasteiger charge is -2.11. The minimum atomic E-state index is -0.485. The van der Waals surface area contributed by atoms with Gasteiger partial charge in [-0.15, -0.1) is 0 Å². The second-order valence-electron chi connectivity index (χ2n) is 5.07. The summed E-state index contributed by atoms with van der Waals surface area (Å²) in [5.41, 5.74) is 1.68. The van der Waals surface area contributed by atoms with Crippen LogP contribution in [-0.2, 0) is 9.47 Å². The molecule has 132 valence electrons. The van der Waals surface area contributed by atoms with Crippen LogP contribution in [0.2, 0.25) is 0 Å². The first kappa shape index (κ1) is 18.4. The molecule has 1 aromatic carbocycles. The third-order valence-electron chi connectivity index (χ3n) is 3.30. The number of rotatable bonds is 8. The van der Waals surface area contributed by atoms with Gasteiger partial charge in [-0.1, -0.05) is 12.1 Å². The van der Waals surface area contributed by atoms with Crippen molar-refractivity contribution in [1.82, 2.24) is 4.98 Å². The highest BCUT2D eigenvalue weighted by molar-refractivity contribution is 6.07. The van der Waals surface area contributed by atoms with Gasteiger partial charge < -0.3 is 20.1 Å². The van der Waals surface area contributed by atoms with Crippen LogP contribution in [0.4, 0.5) is 11.4 Å². The summed E-state index contributed by atoms with van der Waals surface area (Å²) >= 11 is 0. The maximum absolute atomic E-state index is 12.5. The summed E-state index contributed by atoms with van der Waals surface area (Å²) in [5.74, 6) is -0.895. The van der Waals surface area contributed by atoms with Gasteiger partial charge in [-0.25, -0.2) is 4.79 Å². The van der Waals surface area contributed by atoms with Gasteiger partial charge in [-0.2, -0.15) is 0 Å². The van der Waals surface area contributed by atoms with Gasteiger partial charge in [0, 0.05) is 25.5 Å². The molecule has 0 atom stereocenters. The number of nitrogens with zero attached hydrogens (tertiary/aromatic N) is 1. The van der Waals surface area contributed by atoms with Crippen molar-refractivity contribution in [2.24, 2.45) is 0 Å². The van der Waals surface area contributed by atoms with E-state index in [4.69, 9.17) is 9.47 Å². The lowest BCUT2D eigenvalue weighted by atomic mass is 10.1. The number of pyridine rings is 1. The Morgan fingerprint density at radius 1 is 1.20 bits per heavy atom. The van der Waals surface area contributed by atoms with Crippen LogP contribution in [0.15, 0.2) is 42.6 Å². The number of para-hydroxylation sites is 1. The summed E-state index contributed by atoms with van der Waals surface area (Å²) in [6, 6.07) is 10.1. The summed E-state index contributed by atoms with van der Waals surface area (Å²) in [6.07, 6.45) is 1.54. The molecule has 0 spiro atoms. The van der Waals surface area contributed by atoms with E-state index in [0.717, 1.165) is 5.69 Å². The Hall–Kier alpha value is -2.93. The molecule has 0 saturated carbocycles. The molecule has 25 heavy (non-hydrogen) atoms. The van der Waals surface area contributed by atoms with Crippen LogP contribution < -0.4 is 10.6 Å². The van der Waals surface area contributed by atoms with Crippen LogP contribution in [0.25, 0.3) is 0 Å². The van der Waals surface area contributed by atoms with Crippen LogP contribution in [0.3, 0.4) is 0 Å².